The Morgan fingerprint density at radius 1 is 0.672 bits per heavy atom. The Morgan fingerprint density at radius 2 is 1.13 bits per heavy atom. The van der Waals surface area contributed by atoms with E-state index >= 15 is 0 Å². The van der Waals surface area contributed by atoms with Crippen LogP contribution < -0.4 is 9.47 Å². The zero-order valence-corrected chi connectivity index (χ0v) is 38.9. The van der Waals surface area contributed by atoms with Gasteiger partial charge in [-0.1, -0.05) is 92.0 Å². The number of ether oxygens (including phenoxy) is 2. The van der Waals surface area contributed by atoms with Crippen molar-refractivity contribution in [3.05, 3.63) is 118 Å². The van der Waals surface area contributed by atoms with Gasteiger partial charge in [-0.25, -0.2) is 9.69 Å². The van der Waals surface area contributed by atoms with E-state index in [0.29, 0.717) is 22.9 Å². The molecule has 1 N–H and O–H groups in total. The standard InChI is InChI=1S/C27H33N3O2SSi.C21H19N3O2S/c1-17(2)31-24-14-12-18(16-22(24)28-6)25-29-30-26(33-25)21-11-9-10-20-19(21)13-15-23(20)32-34(7,8)27(3,4)5;1-12(2)26-19-10-7-13(11-17(19)22-3)20-23-24-21(27-20)16-6-4-5-15-14(16)8-9-18(15)25/h9-12,14,16-17,23H,13,15H2,1-5,7-8H3;4-7,10-12,18,25H,8-9H2,1-2H3/t23-;18-/m00/s1. The van der Waals surface area contributed by atoms with Gasteiger partial charge in [0.25, 0.3) is 0 Å². The van der Waals surface area contributed by atoms with Gasteiger partial charge < -0.3 is 19.0 Å². The highest BCUT2D eigenvalue weighted by Crippen LogP contribution is 2.47. The number of fused-ring (bicyclic) bond motifs is 2. The summed E-state index contributed by atoms with van der Waals surface area (Å²) in [7, 11) is -1.86. The number of benzene rings is 4. The second kappa shape index (κ2) is 18.0. The van der Waals surface area contributed by atoms with Gasteiger partial charge in [0.15, 0.2) is 8.32 Å². The largest absolute Gasteiger partial charge is 0.502 e. The van der Waals surface area contributed by atoms with Gasteiger partial charge in [0, 0.05) is 22.3 Å². The zero-order chi connectivity index (χ0) is 43.6. The van der Waals surface area contributed by atoms with Crippen LogP contribution in [-0.4, -0.2) is 46.0 Å². The first-order chi connectivity index (χ1) is 29.1. The minimum absolute atomic E-state index is 0.0139. The molecular formula is C48H52N6O4S2Si. The van der Waals surface area contributed by atoms with E-state index in [-0.39, 0.29) is 29.5 Å². The average molecular weight is 869 g/mol. The first-order valence-electron chi connectivity index (χ1n) is 20.7. The fourth-order valence-electron chi connectivity index (χ4n) is 7.38. The summed E-state index contributed by atoms with van der Waals surface area (Å²) >= 11 is 3.06. The van der Waals surface area contributed by atoms with E-state index in [4.69, 9.17) is 27.0 Å². The Balaban J connectivity index is 0.000000189. The maximum atomic E-state index is 10.1. The van der Waals surface area contributed by atoms with Crippen molar-refractivity contribution in [2.75, 3.05) is 0 Å². The van der Waals surface area contributed by atoms with Gasteiger partial charge in [0.2, 0.25) is 11.4 Å². The molecule has 2 aromatic heterocycles. The minimum Gasteiger partial charge on any atom is -0.502 e. The second-order valence-corrected chi connectivity index (χ2v) is 24.2. The van der Waals surface area contributed by atoms with Crippen LogP contribution in [-0.2, 0) is 17.3 Å². The van der Waals surface area contributed by atoms with Gasteiger partial charge in [-0.3, -0.25) is 0 Å². The van der Waals surface area contributed by atoms with Crippen LogP contribution in [0.3, 0.4) is 0 Å². The van der Waals surface area contributed by atoms with E-state index in [2.05, 4.69) is 82.1 Å². The third-order valence-corrected chi connectivity index (χ3v) is 17.9. The van der Waals surface area contributed by atoms with Crippen molar-refractivity contribution in [1.29, 1.82) is 0 Å². The highest BCUT2D eigenvalue weighted by Gasteiger charge is 2.41. The molecule has 4 aromatic carbocycles. The normalized spacial score (nSPS) is 15.8. The van der Waals surface area contributed by atoms with Crippen molar-refractivity contribution in [2.45, 2.75) is 117 Å². The first kappa shape index (κ1) is 43.8. The zero-order valence-electron chi connectivity index (χ0n) is 36.2. The molecule has 0 unspecified atom stereocenters. The van der Waals surface area contributed by atoms with Gasteiger partial charge >= 0.3 is 0 Å². The summed E-state index contributed by atoms with van der Waals surface area (Å²) in [5, 5.41) is 31.3. The van der Waals surface area contributed by atoms with Gasteiger partial charge in [-0.05, 0) is 118 Å². The lowest BCUT2D eigenvalue weighted by Gasteiger charge is -2.38. The smallest absolute Gasteiger partial charge is 0.228 e. The molecule has 6 aromatic rings. The van der Waals surface area contributed by atoms with Crippen molar-refractivity contribution in [2.24, 2.45) is 0 Å². The topological polar surface area (TPSA) is 108 Å². The van der Waals surface area contributed by atoms with Crippen molar-refractivity contribution in [1.82, 2.24) is 20.4 Å². The van der Waals surface area contributed by atoms with E-state index < -0.39 is 8.32 Å². The Morgan fingerprint density at radius 3 is 1.61 bits per heavy atom. The van der Waals surface area contributed by atoms with Crippen LogP contribution in [0.2, 0.25) is 18.1 Å². The monoisotopic (exact) mass is 868 g/mol. The molecule has 0 amide bonds. The van der Waals surface area contributed by atoms with E-state index in [1.165, 1.54) is 22.5 Å². The Hall–Kier alpha value is -5.28. The summed E-state index contributed by atoms with van der Waals surface area (Å²) in [6.07, 6.45) is 3.40. The van der Waals surface area contributed by atoms with Crippen LogP contribution >= 0.6 is 22.7 Å². The lowest BCUT2D eigenvalue weighted by molar-refractivity contribution is 0.180. The molecule has 2 aliphatic carbocycles. The summed E-state index contributed by atoms with van der Waals surface area (Å²) in [4.78, 5) is 7.23. The molecule has 13 heteroatoms. The highest BCUT2D eigenvalue weighted by atomic mass is 32.1. The van der Waals surface area contributed by atoms with Gasteiger partial charge in [-0.15, -0.1) is 20.4 Å². The molecule has 0 aliphatic heterocycles. The Kier molecular flexibility index (Phi) is 12.9. The third-order valence-electron chi connectivity index (χ3n) is 11.4. The van der Waals surface area contributed by atoms with Gasteiger partial charge in [0.1, 0.15) is 31.5 Å². The molecule has 0 fully saturated rings. The number of hydrogen-bond donors (Lipinski definition) is 1. The van der Waals surface area contributed by atoms with Crippen LogP contribution in [0, 0.1) is 13.1 Å². The highest BCUT2D eigenvalue weighted by molar-refractivity contribution is 7.18. The lowest BCUT2D eigenvalue weighted by Crippen LogP contribution is -2.41. The predicted molar refractivity (Wildman–Crippen MR) is 248 cm³/mol. The van der Waals surface area contributed by atoms with E-state index in [1.54, 1.807) is 17.4 Å². The number of aromatic nitrogens is 4. The molecule has 8 rings (SSSR count). The molecule has 2 heterocycles. The maximum absolute atomic E-state index is 10.1. The first-order valence-corrected chi connectivity index (χ1v) is 25.2. The average Bonchev–Trinajstić information content (AvgIpc) is 4.05. The number of aliphatic hydroxyl groups excluding tert-OH is 1. The molecule has 10 nitrogen and oxygen atoms in total. The fraction of sp³-hybridized carbons (Fsp3) is 0.375. The summed E-state index contributed by atoms with van der Waals surface area (Å²) in [5.74, 6) is 1.19. The number of nitrogens with zero attached hydrogens (tertiary/aromatic N) is 6. The number of aliphatic hydroxyl groups is 1. The molecule has 61 heavy (non-hydrogen) atoms. The van der Waals surface area contributed by atoms with Crippen LogP contribution in [0.1, 0.15) is 95.8 Å². The summed E-state index contributed by atoms with van der Waals surface area (Å²) in [6, 6.07) is 23.6. The van der Waals surface area contributed by atoms with Crippen molar-refractivity contribution >= 4 is 42.4 Å². The molecule has 0 saturated heterocycles. The van der Waals surface area contributed by atoms with Crippen molar-refractivity contribution in [3.8, 4) is 53.8 Å². The molecule has 0 saturated carbocycles. The van der Waals surface area contributed by atoms with Crippen LogP contribution in [0.5, 0.6) is 11.5 Å². The Bertz CT molecular complexity index is 2630. The molecule has 314 valence electrons. The van der Waals surface area contributed by atoms with E-state index in [9.17, 15) is 5.11 Å². The molecular weight excluding hydrogens is 817 g/mol. The summed E-state index contributed by atoms with van der Waals surface area (Å²) in [6.45, 7) is 34.2. The second-order valence-electron chi connectivity index (χ2n) is 17.5. The van der Waals surface area contributed by atoms with Crippen molar-refractivity contribution in [3.63, 3.8) is 0 Å². The van der Waals surface area contributed by atoms with Crippen LogP contribution in [0.25, 0.3) is 52.0 Å². The molecule has 2 atom stereocenters. The van der Waals surface area contributed by atoms with Crippen LogP contribution in [0.15, 0.2) is 72.8 Å². The van der Waals surface area contributed by atoms with E-state index in [0.717, 1.165) is 79.1 Å². The maximum Gasteiger partial charge on any atom is 0.228 e. The predicted octanol–water partition coefficient (Wildman–Crippen LogP) is 13.4. The lowest BCUT2D eigenvalue weighted by atomic mass is 10.0. The number of rotatable bonds is 10. The summed E-state index contributed by atoms with van der Waals surface area (Å²) in [5.41, 5.74) is 9.68. The van der Waals surface area contributed by atoms with Gasteiger partial charge in [-0.2, -0.15) is 0 Å². The molecule has 2 aliphatic rings. The number of hydrogen-bond acceptors (Lipinski definition) is 10. The summed E-state index contributed by atoms with van der Waals surface area (Å²) < 4.78 is 18.2. The molecule has 0 spiro atoms. The minimum atomic E-state index is -1.86. The molecule has 0 radical (unpaired) electrons. The fourth-order valence-corrected chi connectivity index (χ4v) is 10.5. The SMILES string of the molecule is [C-]#[N+]c1cc(-c2nnc(-c3cccc4c3CC[C@@H]4O)s2)ccc1OC(C)C.[C-]#[N+]c1cc(-c2nnc(-c3cccc4c3CC[C@@H]4O[Si](C)(C)C(C)(C)C)s2)ccc1OC(C)C. The van der Waals surface area contributed by atoms with Crippen LogP contribution in [0.4, 0.5) is 11.4 Å². The van der Waals surface area contributed by atoms with Crippen molar-refractivity contribution < 1.29 is 19.0 Å². The van der Waals surface area contributed by atoms with Gasteiger partial charge in [0.05, 0.1) is 37.6 Å². The van der Waals surface area contributed by atoms with E-state index in [1.807, 2.05) is 76.2 Å². The quantitative estimate of drug-likeness (QED) is 0.107. The Labute approximate surface area is 368 Å². The third kappa shape index (κ3) is 9.47. The molecule has 0 bridgehead atoms.